The first-order chi connectivity index (χ1) is 8.08. The van der Waals surface area contributed by atoms with Crippen LogP contribution in [0.2, 0.25) is 0 Å². The molecule has 17 heavy (non-hydrogen) atoms. The minimum atomic E-state index is -0.815. The lowest BCUT2D eigenvalue weighted by molar-refractivity contribution is -0.137. The largest absolute Gasteiger partial charge is 0.481 e. The third-order valence-corrected chi connectivity index (χ3v) is 2.86. The normalized spacial score (nSPS) is 10.9. The molecule has 4 heteroatoms. The van der Waals surface area contributed by atoms with Gasteiger partial charge >= 0.3 is 5.97 Å². The molecule has 0 saturated heterocycles. The maximum Gasteiger partial charge on any atom is 0.303 e. The molecule has 0 radical (unpaired) electrons. The van der Waals surface area contributed by atoms with Crippen molar-refractivity contribution in [3.8, 4) is 0 Å². The third kappa shape index (κ3) is 2.46. The molecule has 2 N–H and O–H groups in total. The fourth-order valence-electron chi connectivity index (χ4n) is 1.97. The Hall–Kier alpha value is -1.84. The van der Waals surface area contributed by atoms with E-state index in [1.165, 1.54) is 6.07 Å². The molecule has 0 fully saturated rings. The number of nitrogens with one attached hydrogen (secondary N) is 1. The Labute approximate surface area is 98.3 Å². The topological polar surface area (TPSA) is 53.1 Å². The predicted molar refractivity (Wildman–Crippen MR) is 63.6 cm³/mol. The van der Waals surface area contributed by atoms with E-state index in [1.54, 1.807) is 6.20 Å². The summed E-state index contributed by atoms with van der Waals surface area (Å²) in [5.41, 5.74) is 2.36. The van der Waals surface area contributed by atoms with E-state index in [1.807, 2.05) is 13.0 Å². The van der Waals surface area contributed by atoms with Crippen molar-refractivity contribution >= 4 is 16.9 Å². The van der Waals surface area contributed by atoms with E-state index in [-0.39, 0.29) is 12.2 Å². The number of hydrogen-bond donors (Lipinski definition) is 2. The van der Waals surface area contributed by atoms with Crippen molar-refractivity contribution in [1.29, 1.82) is 0 Å². The molecule has 3 nitrogen and oxygen atoms in total. The van der Waals surface area contributed by atoms with Gasteiger partial charge in [-0.15, -0.1) is 0 Å². The van der Waals surface area contributed by atoms with Crippen LogP contribution in [0.5, 0.6) is 0 Å². The lowest BCUT2D eigenvalue weighted by Crippen LogP contribution is -1.96. The Bertz CT molecular complexity index is 560. The smallest absolute Gasteiger partial charge is 0.303 e. The van der Waals surface area contributed by atoms with Gasteiger partial charge in [0.25, 0.3) is 0 Å². The maximum absolute atomic E-state index is 13.7. The Balaban J connectivity index is 2.23. The molecule has 0 saturated carbocycles. The van der Waals surface area contributed by atoms with Crippen LogP contribution in [0, 0.1) is 12.7 Å². The van der Waals surface area contributed by atoms with Gasteiger partial charge in [-0.2, -0.15) is 0 Å². The molecule has 90 valence electrons. The highest BCUT2D eigenvalue weighted by Gasteiger charge is 2.08. The Morgan fingerprint density at radius 1 is 1.47 bits per heavy atom. The van der Waals surface area contributed by atoms with E-state index in [0.717, 1.165) is 16.5 Å². The first-order valence-corrected chi connectivity index (χ1v) is 5.56. The maximum atomic E-state index is 13.7. The zero-order valence-electron chi connectivity index (χ0n) is 9.59. The molecule has 0 unspecified atom stereocenters. The highest BCUT2D eigenvalue weighted by Crippen LogP contribution is 2.23. The number of aliphatic carboxylic acids is 1. The van der Waals surface area contributed by atoms with E-state index in [2.05, 4.69) is 4.98 Å². The van der Waals surface area contributed by atoms with Crippen LogP contribution < -0.4 is 0 Å². The summed E-state index contributed by atoms with van der Waals surface area (Å²) in [7, 11) is 0. The van der Waals surface area contributed by atoms with Crippen LogP contribution in [0.1, 0.15) is 24.0 Å². The molecular formula is C13H14FNO2. The first-order valence-electron chi connectivity index (χ1n) is 5.56. The fraction of sp³-hybridized carbons (Fsp3) is 0.308. The number of benzene rings is 1. The Kier molecular flexibility index (Phi) is 3.13. The number of aromatic amines is 1. The van der Waals surface area contributed by atoms with Crippen LogP contribution >= 0.6 is 0 Å². The second-order valence-electron chi connectivity index (χ2n) is 4.22. The van der Waals surface area contributed by atoms with Gasteiger partial charge in [-0.05, 0) is 43.0 Å². The van der Waals surface area contributed by atoms with Crippen molar-refractivity contribution in [2.45, 2.75) is 26.2 Å². The van der Waals surface area contributed by atoms with Crippen molar-refractivity contribution < 1.29 is 14.3 Å². The number of hydrogen-bond acceptors (Lipinski definition) is 1. The van der Waals surface area contributed by atoms with Crippen molar-refractivity contribution in [2.75, 3.05) is 0 Å². The molecule has 0 atom stereocenters. The number of carboxylic acids is 1. The summed E-state index contributed by atoms with van der Waals surface area (Å²) in [5, 5.41) is 9.42. The van der Waals surface area contributed by atoms with Crippen LogP contribution in [0.4, 0.5) is 4.39 Å². The summed E-state index contributed by atoms with van der Waals surface area (Å²) in [4.78, 5) is 13.3. The quantitative estimate of drug-likeness (QED) is 0.855. The van der Waals surface area contributed by atoms with E-state index in [9.17, 15) is 9.18 Å². The molecule has 0 bridgehead atoms. The number of H-pyrrole nitrogens is 1. The molecule has 0 spiro atoms. The van der Waals surface area contributed by atoms with Gasteiger partial charge in [-0.3, -0.25) is 4.79 Å². The van der Waals surface area contributed by atoms with E-state index >= 15 is 0 Å². The third-order valence-electron chi connectivity index (χ3n) is 2.86. The van der Waals surface area contributed by atoms with Gasteiger partial charge in [0.15, 0.2) is 0 Å². The summed E-state index contributed by atoms with van der Waals surface area (Å²) >= 11 is 0. The molecule has 1 aromatic carbocycles. The van der Waals surface area contributed by atoms with Gasteiger partial charge in [-0.25, -0.2) is 4.39 Å². The van der Waals surface area contributed by atoms with E-state index in [0.29, 0.717) is 18.4 Å². The highest BCUT2D eigenvalue weighted by atomic mass is 19.1. The molecule has 0 aliphatic rings. The van der Waals surface area contributed by atoms with Crippen LogP contribution in [0.25, 0.3) is 10.9 Å². The van der Waals surface area contributed by atoms with Crippen LogP contribution in [0.15, 0.2) is 18.3 Å². The lowest BCUT2D eigenvalue weighted by atomic mass is 10.0. The average Bonchev–Trinajstić information content (AvgIpc) is 2.61. The molecular weight excluding hydrogens is 221 g/mol. The molecule has 2 aromatic rings. The van der Waals surface area contributed by atoms with Crippen molar-refractivity contribution in [3.63, 3.8) is 0 Å². The van der Waals surface area contributed by atoms with E-state index in [4.69, 9.17) is 5.11 Å². The summed E-state index contributed by atoms with van der Waals surface area (Å²) < 4.78 is 13.7. The summed E-state index contributed by atoms with van der Waals surface area (Å²) in [6, 6.07) is 3.40. The van der Waals surface area contributed by atoms with Crippen molar-refractivity contribution in [3.05, 3.63) is 35.3 Å². The Morgan fingerprint density at radius 3 is 2.94 bits per heavy atom. The fourth-order valence-corrected chi connectivity index (χ4v) is 1.97. The van der Waals surface area contributed by atoms with E-state index < -0.39 is 5.97 Å². The molecule has 1 aromatic heterocycles. The van der Waals surface area contributed by atoms with Gasteiger partial charge in [0.2, 0.25) is 0 Å². The number of aryl methyl sites for hydroxylation is 2. The highest BCUT2D eigenvalue weighted by molar-refractivity contribution is 5.84. The van der Waals surface area contributed by atoms with Gasteiger partial charge in [0.05, 0.1) is 5.52 Å². The monoisotopic (exact) mass is 235 g/mol. The minimum Gasteiger partial charge on any atom is -0.481 e. The minimum absolute atomic E-state index is 0.117. The number of halogens is 1. The molecule has 0 aliphatic carbocycles. The van der Waals surface area contributed by atoms with Gasteiger partial charge in [0, 0.05) is 18.0 Å². The van der Waals surface area contributed by atoms with Gasteiger partial charge in [0.1, 0.15) is 5.82 Å². The van der Waals surface area contributed by atoms with Crippen LogP contribution in [0.3, 0.4) is 0 Å². The number of aromatic nitrogens is 1. The summed E-state index contributed by atoms with van der Waals surface area (Å²) in [6.07, 6.45) is 3.01. The zero-order chi connectivity index (χ0) is 12.4. The predicted octanol–water partition coefficient (Wildman–Crippen LogP) is 3.02. The molecule has 0 aliphatic heterocycles. The standard InChI is InChI=1S/C13H14FNO2/c1-8-7-15-13-10(8)5-9(6-11(13)14)3-2-4-12(16)17/h5-7,15H,2-4H2,1H3,(H,16,17). The van der Waals surface area contributed by atoms with Crippen LogP contribution in [-0.2, 0) is 11.2 Å². The molecule has 0 amide bonds. The van der Waals surface area contributed by atoms with Gasteiger partial charge in [-0.1, -0.05) is 0 Å². The Morgan fingerprint density at radius 2 is 2.24 bits per heavy atom. The van der Waals surface area contributed by atoms with Crippen molar-refractivity contribution in [1.82, 2.24) is 4.98 Å². The number of carboxylic acid groups (broad SMARTS) is 1. The lowest BCUT2D eigenvalue weighted by Gasteiger charge is -2.02. The number of carbonyl (C=O) groups is 1. The average molecular weight is 235 g/mol. The first kappa shape index (κ1) is 11.6. The second kappa shape index (κ2) is 4.57. The van der Waals surface area contributed by atoms with Gasteiger partial charge < -0.3 is 10.1 Å². The number of fused-ring (bicyclic) bond motifs is 1. The SMILES string of the molecule is Cc1c[nH]c2c(F)cc(CCCC(=O)O)cc12. The summed E-state index contributed by atoms with van der Waals surface area (Å²) in [5.74, 6) is -1.09. The molecule has 1 heterocycles. The molecule has 2 rings (SSSR count). The van der Waals surface area contributed by atoms with Crippen molar-refractivity contribution in [2.24, 2.45) is 0 Å². The second-order valence-corrected chi connectivity index (χ2v) is 4.22. The number of rotatable bonds is 4. The summed E-state index contributed by atoms with van der Waals surface area (Å²) in [6.45, 7) is 1.92. The van der Waals surface area contributed by atoms with Crippen LogP contribution in [-0.4, -0.2) is 16.1 Å². The zero-order valence-corrected chi connectivity index (χ0v) is 9.59.